The maximum Gasteiger partial charge on any atom is 0.0270 e. The molecule has 0 amide bonds. The molecule has 1 heterocycles. The van der Waals surface area contributed by atoms with E-state index in [9.17, 15) is 0 Å². The van der Waals surface area contributed by atoms with Crippen LogP contribution in [-0.2, 0) is 6.42 Å². The Bertz CT molecular complexity index is 317. The van der Waals surface area contributed by atoms with Gasteiger partial charge >= 0.3 is 0 Å². The minimum Gasteiger partial charge on any atom is -0.265 e. The lowest BCUT2D eigenvalue weighted by Gasteiger charge is -2.33. The van der Waals surface area contributed by atoms with Crippen LogP contribution in [0.4, 0.5) is 0 Å². The predicted molar refractivity (Wildman–Crippen MR) is 71.8 cm³/mol. The molecule has 1 aromatic rings. The Morgan fingerprint density at radius 1 is 1.31 bits per heavy atom. The molecule has 1 aliphatic carbocycles. The Balaban J connectivity index is 2.04. The third kappa shape index (κ3) is 2.48. The number of rotatable bonds is 4. The van der Waals surface area contributed by atoms with Gasteiger partial charge in [-0.05, 0) is 48.8 Å². The number of pyridine rings is 1. The fraction of sp³-hybridized carbons (Fsp3) is 0.643. The Morgan fingerprint density at radius 3 is 2.50 bits per heavy atom. The highest BCUT2D eigenvalue weighted by atomic mass is 79.9. The van der Waals surface area contributed by atoms with Crippen LogP contribution < -0.4 is 0 Å². The summed E-state index contributed by atoms with van der Waals surface area (Å²) in [6.45, 7) is 2.34. The van der Waals surface area contributed by atoms with Crippen LogP contribution in [0.25, 0.3) is 0 Å². The summed E-state index contributed by atoms with van der Waals surface area (Å²) in [4.78, 5) is 4.69. The van der Waals surface area contributed by atoms with Crippen molar-refractivity contribution in [3.05, 3.63) is 30.1 Å². The molecule has 1 fully saturated rings. The minimum atomic E-state index is 0.545. The lowest BCUT2D eigenvalue weighted by molar-refractivity contribution is 0.275. The summed E-state index contributed by atoms with van der Waals surface area (Å²) in [6, 6.07) is 4.26. The van der Waals surface area contributed by atoms with Gasteiger partial charge < -0.3 is 0 Å². The summed E-state index contributed by atoms with van der Waals surface area (Å²) in [5.41, 5.74) is 1.94. The number of hydrogen-bond donors (Lipinski definition) is 0. The highest BCUT2D eigenvalue weighted by Gasteiger charge is 2.38. The molecule has 88 valence electrons. The normalized spacial score (nSPS) is 20.9. The second-order valence-corrected chi connectivity index (χ2v) is 6.06. The monoisotopic (exact) mass is 281 g/mol. The Hall–Kier alpha value is -0.370. The number of halogens is 1. The standard InChI is InChI=1S/C14H20BrN/c1-2-14(7-3-4-8-14)13(15)11-12-5-9-16-10-6-12/h5-6,9-10,13H,2-4,7-8,11H2,1H3. The number of hydrogen-bond acceptors (Lipinski definition) is 1. The summed E-state index contributed by atoms with van der Waals surface area (Å²) in [5, 5.41) is 0. The van der Waals surface area contributed by atoms with Gasteiger partial charge in [-0.1, -0.05) is 35.7 Å². The van der Waals surface area contributed by atoms with E-state index in [1.165, 1.54) is 37.7 Å². The topological polar surface area (TPSA) is 12.9 Å². The van der Waals surface area contributed by atoms with Crippen molar-refractivity contribution in [2.24, 2.45) is 5.41 Å². The van der Waals surface area contributed by atoms with E-state index in [0.29, 0.717) is 10.2 Å². The van der Waals surface area contributed by atoms with Crippen molar-refractivity contribution >= 4 is 15.9 Å². The average Bonchev–Trinajstić information content (AvgIpc) is 2.80. The maximum absolute atomic E-state index is 4.07. The molecule has 0 radical (unpaired) electrons. The third-order valence-electron chi connectivity index (χ3n) is 4.13. The van der Waals surface area contributed by atoms with E-state index >= 15 is 0 Å². The van der Waals surface area contributed by atoms with Crippen LogP contribution in [0.15, 0.2) is 24.5 Å². The number of nitrogens with zero attached hydrogens (tertiary/aromatic N) is 1. The fourth-order valence-corrected chi connectivity index (χ4v) is 4.07. The molecule has 0 bridgehead atoms. The average molecular weight is 282 g/mol. The quantitative estimate of drug-likeness (QED) is 0.748. The van der Waals surface area contributed by atoms with Crippen molar-refractivity contribution in [1.82, 2.24) is 4.98 Å². The first-order valence-electron chi connectivity index (χ1n) is 6.30. The number of aromatic nitrogens is 1. The van der Waals surface area contributed by atoms with Crippen LogP contribution >= 0.6 is 15.9 Å². The van der Waals surface area contributed by atoms with Crippen LogP contribution in [0, 0.1) is 5.41 Å². The molecule has 1 unspecified atom stereocenters. The molecule has 0 spiro atoms. The zero-order chi connectivity index (χ0) is 11.4. The van der Waals surface area contributed by atoms with E-state index in [4.69, 9.17) is 0 Å². The first kappa shape index (κ1) is 12.1. The van der Waals surface area contributed by atoms with Crippen molar-refractivity contribution in [3.8, 4) is 0 Å². The Labute approximate surface area is 107 Å². The van der Waals surface area contributed by atoms with Crippen LogP contribution in [-0.4, -0.2) is 9.81 Å². The Morgan fingerprint density at radius 2 is 1.94 bits per heavy atom. The SMILES string of the molecule is CCC1(C(Br)Cc2ccncc2)CCCC1. The van der Waals surface area contributed by atoms with Crippen molar-refractivity contribution in [2.45, 2.75) is 50.3 Å². The molecule has 1 atom stereocenters. The Kier molecular flexibility index (Phi) is 4.01. The van der Waals surface area contributed by atoms with Crippen molar-refractivity contribution < 1.29 is 0 Å². The molecular formula is C14H20BrN. The van der Waals surface area contributed by atoms with Gasteiger partial charge in [-0.15, -0.1) is 0 Å². The highest BCUT2D eigenvalue weighted by Crippen LogP contribution is 2.47. The van der Waals surface area contributed by atoms with Gasteiger partial charge in [0.2, 0.25) is 0 Å². The smallest absolute Gasteiger partial charge is 0.0270 e. The van der Waals surface area contributed by atoms with Gasteiger partial charge in [0.25, 0.3) is 0 Å². The summed E-state index contributed by atoms with van der Waals surface area (Å²) in [6.07, 6.45) is 11.8. The van der Waals surface area contributed by atoms with E-state index < -0.39 is 0 Å². The molecule has 1 aromatic heterocycles. The summed E-state index contributed by atoms with van der Waals surface area (Å²) < 4.78 is 0. The van der Waals surface area contributed by atoms with Gasteiger partial charge in [0.1, 0.15) is 0 Å². The molecular weight excluding hydrogens is 262 g/mol. The second-order valence-electron chi connectivity index (χ2n) is 4.95. The number of alkyl halides is 1. The van der Waals surface area contributed by atoms with Crippen LogP contribution in [0.3, 0.4) is 0 Å². The summed E-state index contributed by atoms with van der Waals surface area (Å²) in [5.74, 6) is 0. The molecule has 1 nitrogen and oxygen atoms in total. The molecule has 0 N–H and O–H groups in total. The molecule has 0 aliphatic heterocycles. The lowest BCUT2D eigenvalue weighted by atomic mass is 9.78. The van der Waals surface area contributed by atoms with Crippen molar-refractivity contribution in [1.29, 1.82) is 0 Å². The molecule has 2 rings (SSSR count). The van der Waals surface area contributed by atoms with Gasteiger partial charge in [0, 0.05) is 17.2 Å². The van der Waals surface area contributed by atoms with Gasteiger partial charge in [-0.3, -0.25) is 4.98 Å². The van der Waals surface area contributed by atoms with E-state index in [-0.39, 0.29) is 0 Å². The molecule has 0 saturated heterocycles. The lowest BCUT2D eigenvalue weighted by Crippen LogP contribution is -2.29. The third-order valence-corrected chi connectivity index (χ3v) is 5.43. The van der Waals surface area contributed by atoms with E-state index in [1.807, 2.05) is 12.4 Å². The molecule has 1 saturated carbocycles. The van der Waals surface area contributed by atoms with Crippen LogP contribution in [0.2, 0.25) is 0 Å². The van der Waals surface area contributed by atoms with Crippen LogP contribution in [0.5, 0.6) is 0 Å². The summed E-state index contributed by atoms with van der Waals surface area (Å²) in [7, 11) is 0. The van der Waals surface area contributed by atoms with Gasteiger partial charge in [0.15, 0.2) is 0 Å². The van der Waals surface area contributed by atoms with E-state index in [2.05, 4.69) is 40.0 Å². The largest absolute Gasteiger partial charge is 0.265 e. The maximum atomic E-state index is 4.07. The zero-order valence-electron chi connectivity index (χ0n) is 9.95. The first-order chi connectivity index (χ1) is 7.77. The second kappa shape index (κ2) is 5.31. The molecule has 1 aliphatic rings. The van der Waals surface area contributed by atoms with Crippen LogP contribution in [0.1, 0.15) is 44.6 Å². The molecule has 16 heavy (non-hydrogen) atoms. The van der Waals surface area contributed by atoms with Gasteiger partial charge in [0.05, 0.1) is 0 Å². The van der Waals surface area contributed by atoms with Crippen molar-refractivity contribution in [2.75, 3.05) is 0 Å². The predicted octanol–water partition coefficient (Wildman–Crippen LogP) is 4.36. The molecule has 0 aromatic carbocycles. The first-order valence-corrected chi connectivity index (χ1v) is 7.21. The molecule has 2 heteroatoms. The van der Waals surface area contributed by atoms with Gasteiger partial charge in [-0.25, -0.2) is 0 Å². The van der Waals surface area contributed by atoms with Crippen molar-refractivity contribution in [3.63, 3.8) is 0 Å². The van der Waals surface area contributed by atoms with Gasteiger partial charge in [-0.2, -0.15) is 0 Å². The van der Waals surface area contributed by atoms with E-state index in [0.717, 1.165) is 6.42 Å². The zero-order valence-corrected chi connectivity index (χ0v) is 11.5. The highest BCUT2D eigenvalue weighted by molar-refractivity contribution is 9.09. The summed E-state index contributed by atoms with van der Waals surface area (Å²) >= 11 is 3.94. The minimum absolute atomic E-state index is 0.545. The van der Waals surface area contributed by atoms with E-state index in [1.54, 1.807) is 0 Å². The fourth-order valence-electron chi connectivity index (χ4n) is 2.91.